The maximum atomic E-state index is 13.4. The molecule has 1 atom stereocenters. The largest absolute Gasteiger partial charge is 0.352 e. The Hall–Kier alpha value is -2.62. The molecule has 0 bridgehead atoms. The molecule has 2 aromatic carbocycles. The van der Waals surface area contributed by atoms with Crippen molar-refractivity contribution >= 4 is 11.8 Å². The lowest BCUT2D eigenvalue weighted by Crippen LogP contribution is -2.51. The second-order valence-electron chi connectivity index (χ2n) is 8.59. The van der Waals surface area contributed by atoms with Gasteiger partial charge in [-0.05, 0) is 44.2 Å². The third-order valence-electron chi connectivity index (χ3n) is 5.96. The summed E-state index contributed by atoms with van der Waals surface area (Å²) in [5.74, 6) is -0.0230. The molecule has 0 heterocycles. The van der Waals surface area contributed by atoms with Crippen LogP contribution in [0.25, 0.3) is 0 Å². The van der Waals surface area contributed by atoms with Gasteiger partial charge in [-0.15, -0.1) is 0 Å². The predicted octanol–water partition coefficient (Wildman–Crippen LogP) is 4.71. The summed E-state index contributed by atoms with van der Waals surface area (Å²) in [4.78, 5) is 28.3. The van der Waals surface area contributed by atoms with Gasteiger partial charge in [0, 0.05) is 12.6 Å². The molecule has 1 aliphatic rings. The molecule has 1 aliphatic carbocycles. The van der Waals surface area contributed by atoms with E-state index < -0.39 is 6.04 Å². The molecular formula is C26H34N2O2. The zero-order chi connectivity index (χ0) is 21.5. The Morgan fingerprint density at radius 2 is 1.60 bits per heavy atom. The quantitative estimate of drug-likeness (QED) is 0.690. The van der Waals surface area contributed by atoms with Gasteiger partial charge < -0.3 is 10.2 Å². The summed E-state index contributed by atoms with van der Waals surface area (Å²) < 4.78 is 0. The Balaban J connectivity index is 1.82. The van der Waals surface area contributed by atoms with Crippen LogP contribution >= 0.6 is 0 Å². The van der Waals surface area contributed by atoms with Crippen LogP contribution in [0.4, 0.5) is 0 Å². The van der Waals surface area contributed by atoms with Gasteiger partial charge in [-0.3, -0.25) is 9.59 Å². The van der Waals surface area contributed by atoms with E-state index in [1.807, 2.05) is 63.2 Å². The van der Waals surface area contributed by atoms with E-state index in [4.69, 9.17) is 0 Å². The highest BCUT2D eigenvalue weighted by Crippen LogP contribution is 2.20. The highest BCUT2D eigenvalue weighted by atomic mass is 16.2. The topological polar surface area (TPSA) is 49.4 Å². The Bertz CT molecular complexity index is 871. The first-order valence-corrected chi connectivity index (χ1v) is 11.2. The summed E-state index contributed by atoms with van der Waals surface area (Å²) in [5.41, 5.74) is 4.33. The van der Waals surface area contributed by atoms with Gasteiger partial charge in [0.2, 0.25) is 11.8 Å². The zero-order valence-corrected chi connectivity index (χ0v) is 18.5. The van der Waals surface area contributed by atoms with Gasteiger partial charge >= 0.3 is 0 Å². The van der Waals surface area contributed by atoms with E-state index in [1.54, 1.807) is 4.90 Å². The molecule has 1 fully saturated rings. The molecule has 160 valence electrons. The van der Waals surface area contributed by atoms with Crippen LogP contribution in [0.15, 0.2) is 48.5 Å². The van der Waals surface area contributed by atoms with Crippen LogP contribution in [0, 0.1) is 13.8 Å². The number of carbonyl (C=O) groups is 2. The number of aryl methyl sites for hydroxylation is 2. The molecule has 2 amide bonds. The van der Waals surface area contributed by atoms with Gasteiger partial charge in [-0.25, -0.2) is 0 Å². The number of hydrogen-bond acceptors (Lipinski definition) is 2. The molecular weight excluding hydrogens is 372 g/mol. The maximum absolute atomic E-state index is 13.4. The monoisotopic (exact) mass is 406 g/mol. The van der Waals surface area contributed by atoms with Gasteiger partial charge in [-0.1, -0.05) is 79.4 Å². The molecule has 30 heavy (non-hydrogen) atoms. The Morgan fingerprint density at radius 1 is 1.00 bits per heavy atom. The van der Waals surface area contributed by atoms with Crippen molar-refractivity contribution in [3.8, 4) is 0 Å². The second-order valence-corrected chi connectivity index (χ2v) is 8.59. The molecule has 1 saturated carbocycles. The van der Waals surface area contributed by atoms with Gasteiger partial charge in [0.15, 0.2) is 0 Å². The zero-order valence-electron chi connectivity index (χ0n) is 18.5. The third kappa shape index (κ3) is 5.94. The van der Waals surface area contributed by atoms with E-state index >= 15 is 0 Å². The van der Waals surface area contributed by atoms with Crippen LogP contribution in [0.3, 0.4) is 0 Å². The molecule has 1 N–H and O–H groups in total. The lowest BCUT2D eigenvalue weighted by atomic mass is 10.0. The lowest BCUT2D eigenvalue weighted by Gasteiger charge is -2.31. The van der Waals surface area contributed by atoms with Gasteiger partial charge in [0.1, 0.15) is 6.04 Å². The molecule has 2 aromatic rings. The highest BCUT2D eigenvalue weighted by Gasteiger charge is 2.30. The van der Waals surface area contributed by atoms with Crippen molar-refractivity contribution in [2.24, 2.45) is 0 Å². The standard InChI is InChI=1S/C26H34N2O2/c1-4-24(26(30)27-23-13-5-6-14-23)28(18-22-12-8-10-20(3)16-22)25(29)17-21-11-7-9-19(2)15-21/h7-12,15-16,23-24H,4-6,13-14,17-18H2,1-3H3,(H,27,30)/t24-/m1/s1. The highest BCUT2D eigenvalue weighted by molar-refractivity contribution is 5.88. The summed E-state index contributed by atoms with van der Waals surface area (Å²) in [6.45, 7) is 6.51. The first-order valence-electron chi connectivity index (χ1n) is 11.2. The van der Waals surface area contributed by atoms with Gasteiger partial charge in [0.05, 0.1) is 6.42 Å². The predicted molar refractivity (Wildman–Crippen MR) is 121 cm³/mol. The number of rotatable bonds is 8. The number of amides is 2. The van der Waals surface area contributed by atoms with E-state index in [9.17, 15) is 9.59 Å². The van der Waals surface area contributed by atoms with Gasteiger partial charge in [-0.2, -0.15) is 0 Å². The van der Waals surface area contributed by atoms with Crippen molar-refractivity contribution in [1.29, 1.82) is 0 Å². The summed E-state index contributed by atoms with van der Waals surface area (Å²) in [6, 6.07) is 16.0. The van der Waals surface area contributed by atoms with Crippen molar-refractivity contribution < 1.29 is 9.59 Å². The lowest BCUT2D eigenvalue weighted by molar-refractivity contribution is -0.141. The number of hydrogen-bond donors (Lipinski definition) is 1. The van der Waals surface area contributed by atoms with Crippen LogP contribution in [0.2, 0.25) is 0 Å². The molecule has 0 aromatic heterocycles. The van der Waals surface area contributed by atoms with E-state index in [-0.39, 0.29) is 17.9 Å². The molecule has 0 aliphatic heterocycles. The number of nitrogens with one attached hydrogen (secondary N) is 1. The average Bonchev–Trinajstić information content (AvgIpc) is 3.21. The fourth-order valence-electron chi connectivity index (χ4n) is 4.39. The van der Waals surface area contributed by atoms with Crippen molar-refractivity contribution in [1.82, 2.24) is 10.2 Å². The number of carbonyl (C=O) groups excluding carboxylic acids is 2. The van der Waals surface area contributed by atoms with Crippen LogP contribution in [0.5, 0.6) is 0 Å². The minimum atomic E-state index is -0.455. The molecule has 0 radical (unpaired) electrons. The minimum Gasteiger partial charge on any atom is -0.352 e. The molecule has 3 rings (SSSR count). The van der Waals surface area contributed by atoms with E-state index in [0.717, 1.165) is 35.1 Å². The number of benzene rings is 2. The van der Waals surface area contributed by atoms with Crippen molar-refractivity contribution in [3.63, 3.8) is 0 Å². The Labute approximate surface area is 180 Å². The van der Waals surface area contributed by atoms with Crippen LogP contribution in [0.1, 0.15) is 61.3 Å². The van der Waals surface area contributed by atoms with E-state index in [0.29, 0.717) is 19.4 Å². The summed E-state index contributed by atoms with van der Waals surface area (Å²) in [5, 5.41) is 3.20. The Kier molecular flexibility index (Phi) is 7.67. The van der Waals surface area contributed by atoms with Crippen molar-refractivity contribution in [3.05, 3.63) is 70.8 Å². The van der Waals surface area contributed by atoms with E-state index in [2.05, 4.69) is 11.4 Å². The minimum absolute atomic E-state index is 0.00414. The van der Waals surface area contributed by atoms with Crippen LogP contribution in [-0.4, -0.2) is 28.8 Å². The summed E-state index contributed by atoms with van der Waals surface area (Å²) in [7, 11) is 0. The SMILES string of the molecule is CC[C@H](C(=O)NC1CCCC1)N(Cc1cccc(C)c1)C(=O)Cc1cccc(C)c1. The van der Waals surface area contributed by atoms with Crippen LogP contribution in [-0.2, 0) is 22.6 Å². The number of nitrogens with zero attached hydrogens (tertiary/aromatic N) is 1. The molecule has 0 spiro atoms. The normalized spacial score (nSPS) is 15.0. The van der Waals surface area contributed by atoms with Crippen molar-refractivity contribution in [2.45, 2.75) is 77.9 Å². The first-order chi connectivity index (χ1) is 14.5. The summed E-state index contributed by atoms with van der Waals surface area (Å²) >= 11 is 0. The average molecular weight is 407 g/mol. The summed E-state index contributed by atoms with van der Waals surface area (Å²) in [6.07, 6.45) is 5.32. The molecule has 0 saturated heterocycles. The first kappa shape index (κ1) is 22.1. The Morgan fingerprint density at radius 3 is 2.20 bits per heavy atom. The smallest absolute Gasteiger partial charge is 0.243 e. The maximum Gasteiger partial charge on any atom is 0.243 e. The second kappa shape index (κ2) is 10.4. The van der Waals surface area contributed by atoms with Crippen molar-refractivity contribution in [2.75, 3.05) is 0 Å². The third-order valence-corrected chi connectivity index (χ3v) is 5.96. The van der Waals surface area contributed by atoms with E-state index in [1.165, 1.54) is 12.8 Å². The molecule has 4 heteroatoms. The fraction of sp³-hybridized carbons (Fsp3) is 0.462. The molecule has 4 nitrogen and oxygen atoms in total. The fourth-order valence-corrected chi connectivity index (χ4v) is 4.39. The van der Waals surface area contributed by atoms with Crippen LogP contribution < -0.4 is 5.32 Å². The molecule has 0 unspecified atom stereocenters. The van der Waals surface area contributed by atoms with Gasteiger partial charge in [0.25, 0.3) is 0 Å².